The van der Waals surface area contributed by atoms with E-state index in [1.165, 1.54) is 7.11 Å². The van der Waals surface area contributed by atoms with Crippen LogP contribution in [0.1, 0.15) is 19.4 Å². The molecule has 110 valence electrons. The molecule has 0 radical (unpaired) electrons. The molecule has 1 aromatic heterocycles. The summed E-state index contributed by atoms with van der Waals surface area (Å²) >= 11 is 0. The summed E-state index contributed by atoms with van der Waals surface area (Å²) in [6.45, 7) is 3.49. The third kappa shape index (κ3) is 4.75. The van der Waals surface area contributed by atoms with Crippen molar-refractivity contribution in [2.45, 2.75) is 26.4 Å². The smallest absolute Gasteiger partial charge is 0.315 e. The Morgan fingerprint density at radius 1 is 1.40 bits per heavy atom. The number of hydrogen-bond donors (Lipinski definition) is 3. The fraction of sp³-hybridized carbons (Fsp3) is 0.462. The number of rotatable bonds is 6. The van der Waals surface area contributed by atoms with Gasteiger partial charge in [-0.15, -0.1) is 0 Å². The van der Waals surface area contributed by atoms with Crippen molar-refractivity contribution in [3.63, 3.8) is 0 Å². The van der Waals surface area contributed by atoms with E-state index in [0.717, 1.165) is 5.56 Å². The van der Waals surface area contributed by atoms with Gasteiger partial charge in [-0.2, -0.15) is 0 Å². The van der Waals surface area contributed by atoms with Crippen LogP contribution in [0.5, 0.6) is 5.88 Å². The lowest BCUT2D eigenvalue weighted by Gasteiger charge is -2.18. The largest absolute Gasteiger partial charge is 0.481 e. The van der Waals surface area contributed by atoms with Crippen LogP contribution in [0.25, 0.3) is 0 Å². The summed E-state index contributed by atoms with van der Waals surface area (Å²) in [6, 6.07) is 2.61. The lowest BCUT2D eigenvalue weighted by Crippen LogP contribution is -2.45. The average Bonchev–Trinajstić information content (AvgIpc) is 2.44. The van der Waals surface area contributed by atoms with E-state index in [-0.39, 0.29) is 0 Å². The number of carbonyl (C=O) groups excluding carboxylic acids is 1. The number of amides is 2. The highest BCUT2D eigenvalue weighted by Crippen LogP contribution is 2.06. The fourth-order valence-corrected chi connectivity index (χ4v) is 1.42. The highest BCUT2D eigenvalue weighted by atomic mass is 16.5. The van der Waals surface area contributed by atoms with Gasteiger partial charge < -0.3 is 20.5 Å². The van der Waals surface area contributed by atoms with Crippen LogP contribution in [-0.4, -0.2) is 35.2 Å². The molecule has 0 bridgehead atoms. The van der Waals surface area contributed by atoms with Crippen LogP contribution >= 0.6 is 0 Å². The first-order valence-corrected chi connectivity index (χ1v) is 6.20. The van der Waals surface area contributed by atoms with Crippen LogP contribution in [0.3, 0.4) is 0 Å². The normalized spacial score (nSPS) is 13.2. The second kappa shape index (κ2) is 7.32. The molecule has 0 aromatic carbocycles. The number of aliphatic carboxylic acids is 1. The zero-order valence-electron chi connectivity index (χ0n) is 11.7. The van der Waals surface area contributed by atoms with Crippen molar-refractivity contribution in [3.8, 4) is 5.88 Å². The minimum absolute atomic E-state index is 0.303. The van der Waals surface area contributed by atoms with Gasteiger partial charge in [0.2, 0.25) is 5.88 Å². The summed E-state index contributed by atoms with van der Waals surface area (Å²) in [7, 11) is 1.53. The van der Waals surface area contributed by atoms with Gasteiger partial charge in [-0.05, 0) is 19.4 Å². The summed E-state index contributed by atoms with van der Waals surface area (Å²) in [5.74, 6) is -1.09. The van der Waals surface area contributed by atoms with E-state index >= 15 is 0 Å². The molecule has 2 unspecified atom stereocenters. The Bertz CT molecular complexity index is 461. The van der Waals surface area contributed by atoms with E-state index in [9.17, 15) is 9.59 Å². The number of ether oxygens (including phenoxy) is 1. The highest BCUT2D eigenvalue weighted by molar-refractivity contribution is 5.76. The molecule has 7 heteroatoms. The van der Waals surface area contributed by atoms with Crippen LogP contribution in [-0.2, 0) is 11.3 Å². The van der Waals surface area contributed by atoms with Gasteiger partial charge in [0.25, 0.3) is 0 Å². The molecule has 0 spiro atoms. The van der Waals surface area contributed by atoms with E-state index in [4.69, 9.17) is 9.84 Å². The Kier molecular flexibility index (Phi) is 5.76. The predicted octanol–water partition coefficient (Wildman–Crippen LogP) is 0.999. The third-order valence-corrected chi connectivity index (χ3v) is 2.96. The van der Waals surface area contributed by atoms with Crippen molar-refractivity contribution < 1.29 is 19.4 Å². The van der Waals surface area contributed by atoms with Crippen molar-refractivity contribution >= 4 is 12.0 Å². The van der Waals surface area contributed by atoms with Gasteiger partial charge in [0.05, 0.1) is 13.0 Å². The van der Waals surface area contributed by atoms with E-state index in [2.05, 4.69) is 15.6 Å². The first kappa shape index (κ1) is 15.7. The standard InChI is InChI=1S/C13H19N3O4/c1-8(12(17)18)9(2)16-13(19)15-7-10-4-5-11(20-3)14-6-10/h4-6,8-9H,7H2,1-3H3,(H,17,18)(H2,15,16,19). The number of nitrogens with zero attached hydrogens (tertiary/aromatic N) is 1. The van der Waals surface area contributed by atoms with Crippen molar-refractivity contribution in [2.24, 2.45) is 5.92 Å². The second-order valence-electron chi connectivity index (χ2n) is 4.45. The Morgan fingerprint density at radius 3 is 2.60 bits per heavy atom. The lowest BCUT2D eigenvalue weighted by molar-refractivity contribution is -0.141. The van der Waals surface area contributed by atoms with Crippen LogP contribution in [0.15, 0.2) is 18.3 Å². The summed E-state index contributed by atoms with van der Waals surface area (Å²) in [5.41, 5.74) is 0.819. The molecule has 7 nitrogen and oxygen atoms in total. The summed E-state index contributed by atoms with van der Waals surface area (Å²) < 4.78 is 4.93. The molecule has 0 saturated heterocycles. The fourth-order valence-electron chi connectivity index (χ4n) is 1.42. The zero-order valence-corrected chi connectivity index (χ0v) is 11.7. The monoisotopic (exact) mass is 281 g/mol. The molecule has 0 aliphatic carbocycles. The van der Waals surface area contributed by atoms with Gasteiger partial charge in [-0.25, -0.2) is 9.78 Å². The summed E-state index contributed by atoms with van der Waals surface area (Å²) in [6.07, 6.45) is 1.60. The minimum Gasteiger partial charge on any atom is -0.481 e. The Hall–Kier alpha value is -2.31. The molecular weight excluding hydrogens is 262 g/mol. The van der Waals surface area contributed by atoms with E-state index in [0.29, 0.717) is 12.4 Å². The van der Waals surface area contributed by atoms with Gasteiger partial charge in [0.15, 0.2) is 0 Å². The van der Waals surface area contributed by atoms with Crippen molar-refractivity contribution in [2.75, 3.05) is 7.11 Å². The molecule has 1 rings (SSSR count). The van der Waals surface area contributed by atoms with E-state index < -0.39 is 24.0 Å². The number of carboxylic acid groups (broad SMARTS) is 1. The summed E-state index contributed by atoms with van der Waals surface area (Å²) in [4.78, 5) is 26.4. The maximum Gasteiger partial charge on any atom is 0.315 e. The number of aromatic nitrogens is 1. The molecule has 1 heterocycles. The SMILES string of the molecule is COc1ccc(CNC(=O)NC(C)C(C)C(=O)O)cn1. The molecular formula is C13H19N3O4. The van der Waals surface area contributed by atoms with Crippen LogP contribution in [0, 0.1) is 5.92 Å². The zero-order chi connectivity index (χ0) is 15.1. The maximum absolute atomic E-state index is 11.6. The topological polar surface area (TPSA) is 101 Å². The molecule has 0 aliphatic rings. The number of carbonyl (C=O) groups is 2. The van der Waals surface area contributed by atoms with Crippen LogP contribution in [0.4, 0.5) is 4.79 Å². The third-order valence-electron chi connectivity index (χ3n) is 2.96. The number of methoxy groups -OCH3 is 1. The van der Waals surface area contributed by atoms with Crippen molar-refractivity contribution in [1.29, 1.82) is 0 Å². The minimum atomic E-state index is -0.947. The Balaban J connectivity index is 2.41. The maximum atomic E-state index is 11.6. The lowest BCUT2D eigenvalue weighted by atomic mass is 10.0. The van der Waals surface area contributed by atoms with Gasteiger partial charge in [0, 0.05) is 24.8 Å². The van der Waals surface area contributed by atoms with Gasteiger partial charge in [-0.1, -0.05) is 6.07 Å². The van der Waals surface area contributed by atoms with E-state index in [1.54, 1.807) is 32.2 Å². The average molecular weight is 281 g/mol. The second-order valence-corrected chi connectivity index (χ2v) is 4.45. The first-order chi connectivity index (χ1) is 9.43. The van der Waals surface area contributed by atoms with Gasteiger partial charge in [-0.3, -0.25) is 4.79 Å². The quantitative estimate of drug-likeness (QED) is 0.722. The summed E-state index contributed by atoms with van der Waals surface area (Å²) in [5, 5.41) is 14.0. The van der Waals surface area contributed by atoms with Crippen LogP contribution in [0.2, 0.25) is 0 Å². The Labute approximate surface area is 117 Å². The van der Waals surface area contributed by atoms with E-state index in [1.807, 2.05) is 0 Å². The molecule has 2 atom stereocenters. The van der Waals surface area contributed by atoms with Gasteiger partial charge >= 0.3 is 12.0 Å². The van der Waals surface area contributed by atoms with Crippen molar-refractivity contribution in [1.82, 2.24) is 15.6 Å². The number of pyridine rings is 1. The molecule has 0 aliphatic heterocycles. The molecule has 20 heavy (non-hydrogen) atoms. The molecule has 0 saturated carbocycles. The first-order valence-electron chi connectivity index (χ1n) is 6.20. The molecule has 2 amide bonds. The number of nitrogens with one attached hydrogen (secondary N) is 2. The predicted molar refractivity (Wildman–Crippen MR) is 72.4 cm³/mol. The Morgan fingerprint density at radius 2 is 2.10 bits per heavy atom. The number of hydrogen-bond acceptors (Lipinski definition) is 4. The highest BCUT2D eigenvalue weighted by Gasteiger charge is 2.20. The molecule has 1 aromatic rings. The molecule has 0 fully saturated rings. The van der Waals surface area contributed by atoms with Crippen LogP contribution < -0.4 is 15.4 Å². The van der Waals surface area contributed by atoms with Crippen molar-refractivity contribution in [3.05, 3.63) is 23.9 Å². The molecule has 3 N–H and O–H groups in total. The van der Waals surface area contributed by atoms with Gasteiger partial charge in [0.1, 0.15) is 0 Å². The number of urea groups is 1. The number of carboxylic acids is 1.